The third-order valence-corrected chi connectivity index (χ3v) is 4.35. The van der Waals surface area contributed by atoms with E-state index in [4.69, 9.17) is 0 Å². The SMILES string of the molecule is CCCN(CCC)C(=O)c1cc(C(=O)Nc2ccc(C(C)C)cc2)ccn1. The Hall–Kier alpha value is -2.69. The van der Waals surface area contributed by atoms with Gasteiger partial charge in [0.2, 0.25) is 0 Å². The number of pyridine rings is 1. The van der Waals surface area contributed by atoms with E-state index in [1.807, 2.05) is 38.1 Å². The minimum absolute atomic E-state index is 0.130. The van der Waals surface area contributed by atoms with Gasteiger partial charge in [-0.3, -0.25) is 14.6 Å². The fraction of sp³-hybridized carbons (Fsp3) is 0.409. The Balaban J connectivity index is 2.13. The number of anilines is 1. The molecule has 0 aliphatic carbocycles. The van der Waals surface area contributed by atoms with Crippen LogP contribution in [0.4, 0.5) is 5.69 Å². The van der Waals surface area contributed by atoms with Gasteiger partial charge in [0.05, 0.1) is 0 Å². The maximum absolute atomic E-state index is 12.7. The summed E-state index contributed by atoms with van der Waals surface area (Å²) in [5.41, 5.74) is 2.68. The van der Waals surface area contributed by atoms with Crippen LogP contribution in [-0.4, -0.2) is 34.8 Å². The predicted molar refractivity (Wildman–Crippen MR) is 109 cm³/mol. The highest BCUT2D eigenvalue weighted by Gasteiger charge is 2.17. The quantitative estimate of drug-likeness (QED) is 0.734. The highest BCUT2D eigenvalue weighted by molar-refractivity contribution is 6.05. The molecule has 27 heavy (non-hydrogen) atoms. The Kier molecular flexibility index (Phi) is 7.53. The van der Waals surface area contributed by atoms with Crippen molar-refractivity contribution in [3.63, 3.8) is 0 Å². The highest BCUT2D eigenvalue weighted by Crippen LogP contribution is 2.18. The van der Waals surface area contributed by atoms with E-state index in [1.54, 1.807) is 17.0 Å². The molecule has 2 rings (SSSR count). The average molecular weight is 367 g/mol. The van der Waals surface area contributed by atoms with E-state index in [0.717, 1.165) is 18.5 Å². The molecule has 2 amide bonds. The molecule has 0 bridgehead atoms. The standard InChI is InChI=1S/C22H29N3O2/c1-5-13-25(14-6-2)22(27)20-15-18(11-12-23-20)21(26)24-19-9-7-17(8-10-19)16(3)4/h7-12,15-16H,5-6,13-14H2,1-4H3,(H,24,26). The summed E-state index contributed by atoms with van der Waals surface area (Å²) in [4.78, 5) is 31.2. The van der Waals surface area contributed by atoms with Crippen LogP contribution in [0.2, 0.25) is 0 Å². The number of nitrogens with zero attached hydrogens (tertiary/aromatic N) is 2. The van der Waals surface area contributed by atoms with Gasteiger partial charge in [-0.25, -0.2) is 0 Å². The molecular weight excluding hydrogens is 338 g/mol. The Morgan fingerprint density at radius 3 is 2.22 bits per heavy atom. The number of rotatable bonds is 8. The van der Waals surface area contributed by atoms with Crippen molar-refractivity contribution in [2.75, 3.05) is 18.4 Å². The molecule has 0 aliphatic heterocycles. The molecule has 0 radical (unpaired) electrons. The lowest BCUT2D eigenvalue weighted by Crippen LogP contribution is -2.33. The number of nitrogens with one attached hydrogen (secondary N) is 1. The molecule has 0 saturated heterocycles. The Morgan fingerprint density at radius 1 is 1.04 bits per heavy atom. The molecule has 0 atom stereocenters. The first-order valence-electron chi connectivity index (χ1n) is 9.62. The lowest BCUT2D eigenvalue weighted by Gasteiger charge is -2.21. The molecule has 0 fully saturated rings. The fourth-order valence-electron chi connectivity index (χ4n) is 2.86. The predicted octanol–water partition coefficient (Wildman–Crippen LogP) is 4.72. The lowest BCUT2D eigenvalue weighted by molar-refractivity contribution is 0.0749. The van der Waals surface area contributed by atoms with E-state index in [2.05, 4.69) is 24.1 Å². The largest absolute Gasteiger partial charge is 0.337 e. The van der Waals surface area contributed by atoms with E-state index >= 15 is 0 Å². The van der Waals surface area contributed by atoms with Gasteiger partial charge < -0.3 is 10.2 Å². The maximum Gasteiger partial charge on any atom is 0.272 e. The Morgan fingerprint density at radius 2 is 1.67 bits per heavy atom. The van der Waals surface area contributed by atoms with Crippen molar-refractivity contribution in [1.82, 2.24) is 9.88 Å². The van der Waals surface area contributed by atoms with E-state index in [-0.39, 0.29) is 11.8 Å². The second-order valence-electron chi connectivity index (χ2n) is 6.95. The van der Waals surface area contributed by atoms with Crippen LogP contribution >= 0.6 is 0 Å². The van der Waals surface area contributed by atoms with Crippen LogP contribution in [0, 0.1) is 0 Å². The topological polar surface area (TPSA) is 62.3 Å². The molecule has 1 aromatic carbocycles. The normalized spacial score (nSPS) is 10.7. The van der Waals surface area contributed by atoms with E-state index in [1.165, 1.54) is 11.8 Å². The molecule has 0 unspecified atom stereocenters. The number of carbonyl (C=O) groups is 2. The number of amides is 2. The van der Waals surface area contributed by atoms with Gasteiger partial charge in [-0.05, 0) is 48.6 Å². The second kappa shape index (κ2) is 9.86. The minimum atomic E-state index is -0.249. The molecule has 0 spiro atoms. The minimum Gasteiger partial charge on any atom is -0.337 e. The zero-order chi connectivity index (χ0) is 19.8. The number of hydrogen-bond donors (Lipinski definition) is 1. The number of benzene rings is 1. The fourth-order valence-corrected chi connectivity index (χ4v) is 2.86. The van der Waals surface area contributed by atoms with Crippen molar-refractivity contribution in [3.8, 4) is 0 Å². The summed E-state index contributed by atoms with van der Waals surface area (Å²) in [6, 6.07) is 11.0. The smallest absolute Gasteiger partial charge is 0.272 e. The molecule has 0 aliphatic rings. The van der Waals surface area contributed by atoms with Crippen LogP contribution in [0.25, 0.3) is 0 Å². The first kappa shape index (κ1) is 20.6. The summed E-state index contributed by atoms with van der Waals surface area (Å²) in [6.07, 6.45) is 3.29. The van der Waals surface area contributed by atoms with Gasteiger partial charge in [-0.15, -0.1) is 0 Å². The van der Waals surface area contributed by atoms with Crippen LogP contribution in [0.5, 0.6) is 0 Å². The van der Waals surface area contributed by atoms with Crippen molar-refractivity contribution >= 4 is 17.5 Å². The van der Waals surface area contributed by atoms with Gasteiger partial charge in [0.1, 0.15) is 5.69 Å². The molecule has 144 valence electrons. The molecular formula is C22H29N3O2. The summed E-state index contributed by atoms with van der Waals surface area (Å²) < 4.78 is 0. The summed E-state index contributed by atoms with van der Waals surface area (Å²) >= 11 is 0. The second-order valence-corrected chi connectivity index (χ2v) is 6.95. The first-order valence-corrected chi connectivity index (χ1v) is 9.62. The summed E-state index contributed by atoms with van der Waals surface area (Å²) in [5, 5.41) is 2.88. The zero-order valence-electron chi connectivity index (χ0n) is 16.7. The van der Waals surface area contributed by atoms with Gasteiger partial charge >= 0.3 is 0 Å². The van der Waals surface area contributed by atoms with Crippen LogP contribution in [0.1, 0.15) is 72.9 Å². The molecule has 1 N–H and O–H groups in total. The highest BCUT2D eigenvalue weighted by atomic mass is 16.2. The molecule has 0 saturated carbocycles. The lowest BCUT2D eigenvalue weighted by atomic mass is 10.0. The summed E-state index contributed by atoms with van der Waals surface area (Å²) in [6.45, 7) is 9.71. The third kappa shape index (κ3) is 5.64. The molecule has 5 heteroatoms. The van der Waals surface area contributed by atoms with Crippen molar-refractivity contribution in [1.29, 1.82) is 0 Å². The first-order chi connectivity index (χ1) is 13.0. The monoisotopic (exact) mass is 367 g/mol. The van der Waals surface area contributed by atoms with Crippen LogP contribution in [0.15, 0.2) is 42.6 Å². The number of aromatic nitrogens is 1. The van der Waals surface area contributed by atoms with Crippen molar-refractivity contribution in [3.05, 3.63) is 59.4 Å². The van der Waals surface area contributed by atoms with Gasteiger partial charge in [-0.2, -0.15) is 0 Å². The average Bonchev–Trinajstić information content (AvgIpc) is 2.67. The summed E-state index contributed by atoms with van der Waals surface area (Å²) in [5.74, 6) is 0.0635. The maximum atomic E-state index is 12.7. The van der Waals surface area contributed by atoms with Crippen LogP contribution < -0.4 is 5.32 Å². The summed E-state index contributed by atoms with van der Waals surface area (Å²) in [7, 11) is 0. The number of carbonyl (C=O) groups excluding carboxylic acids is 2. The van der Waals surface area contributed by atoms with E-state index < -0.39 is 0 Å². The van der Waals surface area contributed by atoms with Gasteiger partial charge in [0, 0.05) is 30.5 Å². The molecule has 1 aromatic heterocycles. The molecule has 5 nitrogen and oxygen atoms in total. The van der Waals surface area contributed by atoms with Crippen LogP contribution in [-0.2, 0) is 0 Å². The van der Waals surface area contributed by atoms with Crippen molar-refractivity contribution in [2.24, 2.45) is 0 Å². The zero-order valence-corrected chi connectivity index (χ0v) is 16.7. The van der Waals surface area contributed by atoms with Gasteiger partial charge in [0.25, 0.3) is 11.8 Å². The number of hydrogen-bond acceptors (Lipinski definition) is 3. The molecule has 1 heterocycles. The van der Waals surface area contributed by atoms with E-state index in [9.17, 15) is 9.59 Å². The van der Waals surface area contributed by atoms with Crippen LogP contribution in [0.3, 0.4) is 0 Å². The van der Waals surface area contributed by atoms with Crippen molar-refractivity contribution < 1.29 is 9.59 Å². The third-order valence-electron chi connectivity index (χ3n) is 4.35. The molecule has 2 aromatic rings. The Labute approximate surface area is 161 Å². The van der Waals surface area contributed by atoms with Gasteiger partial charge in [0.15, 0.2) is 0 Å². The van der Waals surface area contributed by atoms with E-state index in [0.29, 0.717) is 30.3 Å². The van der Waals surface area contributed by atoms with Gasteiger partial charge in [-0.1, -0.05) is 39.8 Å². The van der Waals surface area contributed by atoms with Crippen molar-refractivity contribution in [2.45, 2.75) is 46.5 Å². The Bertz CT molecular complexity index is 763.